The minimum Gasteiger partial charge on any atom is -0.493 e. The first kappa shape index (κ1) is 17.3. The maximum Gasteiger partial charge on any atom is 0.162 e. The lowest BCUT2D eigenvalue weighted by molar-refractivity contribution is 0.172. The summed E-state index contributed by atoms with van der Waals surface area (Å²) in [6, 6.07) is 12.2. The van der Waals surface area contributed by atoms with Crippen molar-refractivity contribution in [3.63, 3.8) is 0 Å². The van der Waals surface area contributed by atoms with Crippen molar-refractivity contribution in [2.24, 2.45) is 0 Å². The molecule has 0 radical (unpaired) electrons. The van der Waals surface area contributed by atoms with E-state index in [1.807, 2.05) is 24.3 Å². The summed E-state index contributed by atoms with van der Waals surface area (Å²) in [5.41, 5.74) is 0. The quantitative estimate of drug-likeness (QED) is 0.451. The van der Waals surface area contributed by atoms with Crippen molar-refractivity contribution in [3.05, 3.63) is 36.4 Å². The SMILES string of the molecule is COc1cc2c(cc1OC)c1cc3c(cc1c1cc4c(cc21)OCCO4)OCCO3. The van der Waals surface area contributed by atoms with Gasteiger partial charge in [0.25, 0.3) is 0 Å². The average molecular weight is 404 g/mol. The second-order valence-corrected chi connectivity index (χ2v) is 7.34. The third kappa shape index (κ3) is 2.43. The van der Waals surface area contributed by atoms with Crippen molar-refractivity contribution < 1.29 is 28.4 Å². The number of hydrogen-bond acceptors (Lipinski definition) is 6. The number of benzene rings is 4. The molecular weight excluding hydrogens is 384 g/mol. The molecule has 6 rings (SSSR count). The Kier molecular flexibility index (Phi) is 3.75. The number of methoxy groups -OCH3 is 2. The van der Waals surface area contributed by atoms with Crippen molar-refractivity contribution in [3.8, 4) is 34.5 Å². The normalized spacial score (nSPS) is 14.9. The summed E-state index contributed by atoms with van der Waals surface area (Å²) < 4.78 is 34.6. The summed E-state index contributed by atoms with van der Waals surface area (Å²) in [4.78, 5) is 0. The highest BCUT2D eigenvalue weighted by atomic mass is 16.6. The Balaban J connectivity index is 1.81. The molecule has 6 nitrogen and oxygen atoms in total. The molecule has 0 spiro atoms. The van der Waals surface area contributed by atoms with Gasteiger partial charge in [0.1, 0.15) is 26.4 Å². The van der Waals surface area contributed by atoms with E-state index in [-0.39, 0.29) is 0 Å². The van der Waals surface area contributed by atoms with Gasteiger partial charge in [0.15, 0.2) is 34.5 Å². The summed E-state index contributed by atoms with van der Waals surface area (Å²) in [5.74, 6) is 4.37. The summed E-state index contributed by atoms with van der Waals surface area (Å²) in [6.07, 6.45) is 0. The van der Waals surface area contributed by atoms with Crippen molar-refractivity contribution in [1.29, 1.82) is 0 Å². The van der Waals surface area contributed by atoms with Gasteiger partial charge in [-0.25, -0.2) is 0 Å². The molecule has 2 heterocycles. The van der Waals surface area contributed by atoms with Crippen molar-refractivity contribution in [1.82, 2.24) is 0 Å². The first-order chi connectivity index (χ1) is 14.8. The van der Waals surface area contributed by atoms with Crippen LogP contribution in [0.5, 0.6) is 34.5 Å². The lowest BCUT2D eigenvalue weighted by Crippen LogP contribution is -2.15. The molecule has 0 amide bonds. The Morgan fingerprint density at radius 3 is 1.00 bits per heavy atom. The molecule has 4 aromatic rings. The second kappa shape index (κ2) is 6.49. The zero-order valence-electron chi connectivity index (χ0n) is 16.7. The molecule has 0 aromatic heterocycles. The Labute approximate surface area is 172 Å². The maximum atomic E-state index is 5.86. The summed E-state index contributed by atoms with van der Waals surface area (Å²) in [6.45, 7) is 2.17. The van der Waals surface area contributed by atoms with Crippen LogP contribution in [0, 0.1) is 0 Å². The molecule has 0 bridgehead atoms. The second-order valence-electron chi connectivity index (χ2n) is 7.34. The molecule has 0 saturated carbocycles. The fourth-order valence-corrected chi connectivity index (χ4v) is 4.39. The van der Waals surface area contributed by atoms with E-state index in [0.717, 1.165) is 55.3 Å². The van der Waals surface area contributed by atoms with Gasteiger partial charge in [-0.05, 0) is 68.7 Å². The van der Waals surface area contributed by atoms with E-state index in [2.05, 4.69) is 12.1 Å². The Hall–Kier alpha value is -3.54. The van der Waals surface area contributed by atoms with Gasteiger partial charge >= 0.3 is 0 Å². The molecule has 4 aromatic carbocycles. The van der Waals surface area contributed by atoms with Gasteiger partial charge in [-0.1, -0.05) is 0 Å². The monoisotopic (exact) mass is 404 g/mol. The summed E-state index contributed by atoms with van der Waals surface area (Å²) in [5, 5.41) is 6.32. The van der Waals surface area contributed by atoms with E-state index >= 15 is 0 Å². The highest BCUT2D eigenvalue weighted by Crippen LogP contribution is 2.47. The molecular formula is C24H20O6. The van der Waals surface area contributed by atoms with E-state index in [0.29, 0.717) is 37.9 Å². The molecule has 0 fully saturated rings. The number of rotatable bonds is 2. The molecule has 0 saturated heterocycles. The molecule has 2 aliphatic rings. The topological polar surface area (TPSA) is 55.4 Å². The van der Waals surface area contributed by atoms with Crippen LogP contribution in [0.25, 0.3) is 32.3 Å². The zero-order valence-corrected chi connectivity index (χ0v) is 16.7. The molecule has 0 aliphatic carbocycles. The lowest BCUT2D eigenvalue weighted by Gasteiger charge is -2.23. The zero-order chi connectivity index (χ0) is 20.2. The van der Waals surface area contributed by atoms with E-state index in [4.69, 9.17) is 28.4 Å². The first-order valence-electron chi connectivity index (χ1n) is 9.91. The van der Waals surface area contributed by atoms with Crippen LogP contribution in [0.2, 0.25) is 0 Å². The van der Waals surface area contributed by atoms with Crippen LogP contribution in [-0.2, 0) is 0 Å². The Morgan fingerprint density at radius 1 is 0.467 bits per heavy atom. The van der Waals surface area contributed by atoms with Crippen LogP contribution in [0.15, 0.2) is 36.4 Å². The predicted molar refractivity (Wildman–Crippen MR) is 114 cm³/mol. The highest BCUT2D eigenvalue weighted by Gasteiger charge is 2.21. The standard InChI is InChI=1S/C24H20O6/c1-25-19-7-13-14(8-20(19)26-2)16-10-22-24(30-6-4-28-22)12-18(16)17-11-23-21(9-15(13)17)27-3-5-29-23/h7-12H,3-6H2,1-2H3. The van der Waals surface area contributed by atoms with Gasteiger partial charge in [0.2, 0.25) is 0 Å². The van der Waals surface area contributed by atoms with E-state index in [9.17, 15) is 0 Å². The first-order valence-corrected chi connectivity index (χ1v) is 9.91. The average Bonchev–Trinajstić information content (AvgIpc) is 2.81. The van der Waals surface area contributed by atoms with Gasteiger partial charge in [0, 0.05) is 0 Å². The van der Waals surface area contributed by atoms with Crippen LogP contribution < -0.4 is 28.4 Å². The Morgan fingerprint density at radius 2 is 0.733 bits per heavy atom. The molecule has 0 N–H and O–H groups in total. The van der Waals surface area contributed by atoms with Gasteiger partial charge in [0.05, 0.1) is 14.2 Å². The summed E-state index contributed by atoms with van der Waals surface area (Å²) in [7, 11) is 3.29. The van der Waals surface area contributed by atoms with E-state index < -0.39 is 0 Å². The van der Waals surface area contributed by atoms with Crippen molar-refractivity contribution >= 4 is 32.3 Å². The predicted octanol–water partition coefficient (Wildman–Crippen LogP) is 4.71. The molecule has 6 heteroatoms. The third-order valence-electron chi connectivity index (χ3n) is 5.76. The minimum atomic E-state index is 0.542. The maximum absolute atomic E-state index is 5.86. The van der Waals surface area contributed by atoms with E-state index in [1.54, 1.807) is 14.2 Å². The lowest BCUT2D eigenvalue weighted by atomic mass is 9.93. The van der Waals surface area contributed by atoms with Gasteiger partial charge in [-0.3, -0.25) is 0 Å². The molecule has 0 unspecified atom stereocenters. The summed E-state index contributed by atoms with van der Waals surface area (Å²) >= 11 is 0. The van der Waals surface area contributed by atoms with Crippen LogP contribution >= 0.6 is 0 Å². The fourth-order valence-electron chi connectivity index (χ4n) is 4.39. The molecule has 30 heavy (non-hydrogen) atoms. The van der Waals surface area contributed by atoms with Crippen molar-refractivity contribution in [2.75, 3.05) is 40.6 Å². The smallest absolute Gasteiger partial charge is 0.162 e. The van der Waals surface area contributed by atoms with Gasteiger partial charge in [-0.2, -0.15) is 0 Å². The van der Waals surface area contributed by atoms with Crippen LogP contribution in [-0.4, -0.2) is 40.6 Å². The molecule has 152 valence electrons. The van der Waals surface area contributed by atoms with Gasteiger partial charge in [-0.15, -0.1) is 0 Å². The molecule has 0 atom stereocenters. The van der Waals surface area contributed by atoms with Crippen LogP contribution in [0.3, 0.4) is 0 Å². The van der Waals surface area contributed by atoms with Crippen LogP contribution in [0.1, 0.15) is 0 Å². The van der Waals surface area contributed by atoms with Crippen molar-refractivity contribution in [2.45, 2.75) is 0 Å². The number of hydrogen-bond donors (Lipinski definition) is 0. The number of ether oxygens (including phenoxy) is 6. The Bertz CT molecular complexity index is 1060. The minimum absolute atomic E-state index is 0.542. The molecule has 2 aliphatic heterocycles. The fraction of sp³-hybridized carbons (Fsp3) is 0.250. The largest absolute Gasteiger partial charge is 0.493 e. The third-order valence-corrected chi connectivity index (χ3v) is 5.76. The van der Waals surface area contributed by atoms with Crippen LogP contribution in [0.4, 0.5) is 0 Å². The van der Waals surface area contributed by atoms with Gasteiger partial charge < -0.3 is 28.4 Å². The van der Waals surface area contributed by atoms with E-state index in [1.165, 1.54) is 0 Å². The highest BCUT2D eigenvalue weighted by molar-refractivity contribution is 6.26. The number of fused-ring (bicyclic) bond motifs is 8.